The number of anilines is 1. The molecular weight excluding hydrogens is 332 g/mol. The Bertz CT molecular complexity index is 874. The van der Waals surface area contributed by atoms with Crippen LogP contribution in [0.5, 0.6) is 0 Å². The third-order valence-electron chi connectivity index (χ3n) is 4.72. The third kappa shape index (κ3) is 3.03. The van der Waals surface area contributed by atoms with E-state index in [9.17, 15) is 14.4 Å². The van der Waals surface area contributed by atoms with Gasteiger partial charge in [-0.2, -0.15) is 0 Å². The van der Waals surface area contributed by atoms with Gasteiger partial charge in [0.05, 0.1) is 6.42 Å². The van der Waals surface area contributed by atoms with Gasteiger partial charge in [-0.25, -0.2) is 0 Å². The molecule has 7 heteroatoms. The summed E-state index contributed by atoms with van der Waals surface area (Å²) in [6, 6.07) is 10.5. The highest BCUT2D eigenvalue weighted by molar-refractivity contribution is 6.01. The van der Waals surface area contributed by atoms with Crippen LogP contribution in [0.2, 0.25) is 0 Å². The highest BCUT2D eigenvalue weighted by Gasteiger charge is 2.27. The van der Waals surface area contributed by atoms with Crippen molar-refractivity contribution >= 4 is 23.4 Å². The number of carbonyl (C=O) groups is 3. The molecule has 1 aromatic carbocycles. The summed E-state index contributed by atoms with van der Waals surface area (Å²) in [7, 11) is 0. The highest BCUT2D eigenvalue weighted by Crippen LogP contribution is 2.24. The van der Waals surface area contributed by atoms with Crippen molar-refractivity contribution in [1.82, 2.24) is 14.8 Å². The minimum Gasteiger partial charge on any atom is -0.335 e. The molecule has 3 amide bonds. The Morgan fingerprint density at radius 1 is 0.962 bits per heavy atom. The maximum absolute atomic E-state index is 12.7. The van der Waals surface area contributed by atoms with Crippen molar-refractivity contribution in [2.75, 3.05) is 31.5 Å². The van der Waals surface area contributed by atoms with Gasteiger partial charge in [0.1, 0.15) is 5.69 Å². The van der Waals surface area contributed by atoms with Crippen LogP contribution in [0.4, 0.5) is 5.69 Å². The largest absolute Gasteiger partial charge is 0.335 e. The van der Waals surface area contributed by atoms with Crippen LogP contribution in [0.15, 0.2) is 42.6 Å². The number of pyridine rings is 1. The first-order valence-electron chi connectivity index (χ1n) is 8.54. The van der Waals surface area contributed by atoms with Crippen LogP contribution in [-0.4, -0.2) is 58.7 Å². The maximum Gasteiger partial charge on any atom is 0.272 e. The molecule has 1 saturated heterocycles. The number of hydrogen-bond acceptors (Lipinski definition) is 4. The first-order chi connectivity index (χ1) is 12.6. The second-order valence-electron chi connectivity index (χ2n) is 6.40. The lowest BCUT2D eigenvalue weighted by Crippen LogP contribution is -2.50. The van der Waals surface area contributed by atoms with Gasteiger partial charge in [0.25, 0.3) is 11.8 Å². The number of amides is 3. The van der Waals surface area contributed by atoms with Crippen LogP contribution in [0.1, 0.15) is 26.4 Å². The van der Waals surface area contributed by atoms with Crippen molar-refractivity contribution in [3.8, 4) is 0 Å². The molecule has 0 spiro atoms. The molecule has 4 rings (SSSR count). The Morgan fingerprint density at radius 2 is 1.69 bits per heavy atom. The molecule has 3 heterocycles. The van der Waals surface area contributed by atoms with Crippen LogP contribution in [-0.2, 0) is 11.2 Å². The second-order valence-corrected chi connectivity index (χ2v) is 6.40. The Morgan fingerprint density at radius 3 is 2.38 bits per heavy atom. The van der Waals surface area contributed by atoms with Crippen LogP contribution in [0.25, 0.3) is 0 Å². The van der Waals surface area contributed by atoms with E-state index in [0.29, 0.717) is 43.9 Å². The predicted octanol–water partition coefficient (Wildman–Crippen LogP) is 1.17. The van der Waals surface area contributed by atoms with Crippen molar-refractivity contribution in [2.24, 2.45) is 0 Å². The van der Waals surface area contributed by atoms with Crippen LogP contribution in [0, 0.1) is 0 Å². The number of fused-ring (bicyclic) bond motifs is 1. The molecule has 26 heavy (non-hydrogen) atoms. The molecule has 2 aliphatic rings. The van der Waals surface area contributed by atoms with E-state index in [2.05, 4.69) is 10.3 Å². The summed E-state index contributed by atoms with van der Waals surface area (Å²) in [5, 5.41) is 2.76. The molecule has 0 atom stereocenters. The minimum atomic E-state index is -0.111. The van der Waals surface area contributed by atoms with Crippen molar-refractivity contribution in [2.45, 2.75) is 6.42 Å². The molecule has 0 aliphatic carbocycles. The number of hydrogen-bond donors (Lipinski definition) is 1. The fourth-order valence-corrected chi connectivity index (χ4v) is 3.31. The molecule has 0 unspecified atom stereocenters. The molecule has 2 aliphatic heterocycles. The summed E-state index contributed by atoms with van der Waals surface area (Å²) in [4.78, 5) is 44.2. The maximum atomic E-state index is 12.7. The summed E-state index contributed by atoms with van der Waals surface area (Å²) in [5.74, 6) is -0.233. The number of piperazine rings is 1. The number of benzene rings is 1. The first-order valence-corrected chi connectivity index (χ1v) is 8.54. The fourth-order valence-electron chi connectivity index (χ4n) is 3.31. The Labute approximate surface area is 150 Å². The number of nitrogens with one attached hydrogen (secondary N) is 1. The predicted molar refractivity (Wildman–Crippen MR) is 94.8 cm³/mol. The molecule has 0 radical (unpaired) electrons. The molecule has 2 aromatic rings. The zero-order valence-corrected chi connectivity index (χ0v) is 14.1. The van der Waals surface area contributed by atoms with Gasteiger partial charge in [0.2, 0.25) is 5.91 Å². The molecule has 0 bridgehead atoms. The average molecular weight is 350 g/mol. The molecule has 0 saturated carbocycles. The molecule has 132 valence electrons. The Balaban J connectivity index is 1.40. The van der Waals surface area contributed by atoms with Gasteiger partial charge >= 0.3 is 0 Å². The van der Waals surface area contributed by atoms with E-state index in [1.54, 1.807) is 52.4 Å². The molecule has 1 fully saturated rings. The Kier molecular flexibility index (Phi) is 4.12. The summed E-state index contributed by atoms with van der Waals surface area (Å²) in [5.41, 5.74) is 2.62. The van der Waals surface area contributed by atoms with Crippen LogP contribution >= 0.6 is 0 Å². The lowest BCUT2D eigenvalue weighted by molar-refractivity contribution is -0.115. The normalized spacial score (nSPS) is 16.2. The van der Waals surface area contributed by atoms with Crippen molar-refractivity contribution < 1.29 is 14.4 Å². The molecule has 1 aromatic heterocycles. The minimum absolute atomic E-state index is 0.0498. The number of aromatic nitrogens is 1. The van der Waals surface area contributed by atoms with E-state index < -0.39 is 0 Å². The van der Waals surface area contributed by atoms with Gasteiger partial charge in [-0.3, -0.25) is 19.4 Å². The highest BCUT2D eigenvalue weighted by atomic mass is 16.2. The van der Waals surface area contributed by atoms with E-state index in [4.69, 9.17) is 0 Å². The zero-order chi connectivity index (χ0) is 18.1. The Hall–Kier alpha value is -3.22. The summed E-state index contributed by atoms with van der Waals surface area (Å²) in [6.45, 7) is 1.91. The topological polar surface area (TPSA) is 82.6 Å². The lowest BCUT2D eigenvalue weighted by atomic mass is 10.1. The standard InChI is InChI=1S/C19H18N4O3/c24-17-12-14-11-13(4-5-15(14)21-17)18(25)22-7-9-23(10-8-22)19(26)16-3-1-2-6-20-16/h1-6,11H,7-10,12H2,(H,21,24). The van der Waals surface area contributed by atoms with Crippen LogP contribution < -0.4 is 5.32 Å². The summed E-state index contributed by atoms with van der Waals surface area (Å²) < 4.78 is 0. The fraction of sp³-hybridized carbons (Fsp3) is 0.263. The van der Waals surface area contributed by atoms with Gasteiger partial charge in [-0.05, 0) is 35.9 Å². The van der Waals surface area contributed by atoms with Gasteiger partial charge in [0, 0.05) is 43.6 Å². The summed E-state index contributed by atoms with van der Waals surface area (Å²) in [6.07, 6.45) is 1.91. The van der Waals surface area contributed by atoms with Crippen molar-refractivity contribution in [3.05, 3.63) is 59.4 Å². The van der Waals surface area contributed by atoms with Crippen molar-refractivity contribution in [3.63, 3.8) is 0 Å². The second kappa shape index (κ2) is 6.59. The smallest absolute Gasteiger partial charge is 0.272 e. The number of rotatable bonds is 2. The molecule has 1 N–H and O–H groups in total. The monoisotopic (exact) mass is 350 g/mol. The quantitative estimate of drug-likeness (QED) is 0.882. The van der Waals surface area contributed by atoms with Crippen LogP contribution in [0.3, 0.4) is 0 Å². The van der Waals surface area contributed by atoms with Gasteiger partial charge in [-0.15, -0.1) is 0 Å². The van der Waals surface area contributed by atoms with Gasteiger partial charge in [-0.1, -0.05) is 6.07 Å². The SMILES string of the molecule is O=C1Cc2cc(C(=O)N3CCN(C(=O)c4ccccn4)CC3)ccc2N1. The van der Waals surface area contributed by atoms with Crippen molar-refractivity contribution in [1.29, 1.82) is 0 Å². The van der Waals surface area contributed by atoms with E-state index in [1.807, 2.05) is 0 Å². The zero-order valence-electron chi connectivity index (χ0n) is 14.1. The molecular formula is C19H18N4O3. The van der Waals surface area contributed by atoms with Gasteiger partial charge in [0.15, 0.2) is 0 Å². The molecule has 7 nitrogen and oxygen atoms in total. The number of nitrogens with zero attached hydrogens (tertiary/aromatic N) is 3. The van der Waals surface area contributed by atoms with E-state index in [-0.39, 0.29) is 17.7 Å². The number of carbonyl (C=O) groups excluding carboxylic acids is 3. The van der Waals surface area contributed by atoms with E-state index in [0.717, 1.165) is 11.3 Å². The average Bonchev–Trinajstić information content (AvgIpc) is 3.07. The third-order valence-corrected chi connectivity index (χ3v) is 4.72. The first kappa shape index (κ1) is 16.3. The van der Waals surface area contributed by atoms with E-state index in [1.165, 1.54) is 0 Å². The van der Waals surface area contributed by atoms with Gasteiger partial charge < -0.3 is 15.1 Å². The summed E-state index contributed by atoms with van der Waals surface area (Å²) >= 11 is 0. The van der Waals surface area contributed by atoms with E-state index >= 15 is 0 Å². The lowest BCUT2D eigenvalue weighted by Gasteiger charge is -2.34.